The van der Waals surface area contributed by atoms with E-state index in [2.05, 4.69) is 15.6 Å². The van der Waals surface area contributed by atoms with Gasteiger partial charge in [0.25, 0.3) is 11.8 Å². The lowest BCUT2D eigenvalue weighted by Gasteiger charge is -2.18. The van der Waals surface area contributed by atoms with Gasteiger partial charge < -0.3 is 15.4 Å². The Balaban J connectivity index is 1.67. The maximum Gasteiger partial charge on any atom is 0.265 e. The molecule has 3 rings (SSSR count). The first kappa shape index (κ1) is 21.3. The van der Waals surface area contributed by atoms with Crippen molar-refractivity contribution in [2.24, 2.45) is 0 Å². The van der Waals surface area contributed by atoms with E-state index in [1.54, 1.807) is 67.0 Å². The van der Waals surface area contributed by atoms with Crippen molar-refractivity contribution in [3.63, 3.8) is 0 Å². The summed E-state index contributed by atoms with van der Waals surface area (Å²) >= 11 is 5.89. The number of ether oxygens (including phenoxy) is 1. The Morgan fingerprint density at radius 1 is 1.07 bits per heavy atom. The zero-order valence-corrected chi connectivity index (χ0v) is 17.2. The summed E-state index contributed by atoms with van der Waals surface area (Å²) in [5.74, 6) is -0.0784. The molecule has 0 bridgehead atoms. The molecule has 0 saturated heterocycles. The minimum atomic E-state index is -0.710. The van der Waals surface area contributed by atoms with E-state index in [1.807, 2.05) is 13.0 Å². The lowest BCUT2D eigenvalue weighted by atomic mass is 10.1. The van der Waals surface area contributed by atoms with Gasteiger partial charge in [0.1, 0.15) is 5.75 Å². The Hall–Kier alpha value is -3.38. The summed E-state index contributed by atoms with van der Waals surface area (Å²) in [6, 6.07) is 17.3. The molecule has 3 aromatic rings. The van der Waals surface area contributed by atoms with E-state index in [9.17, 15) is 9.59 Å². The van der Waals surface area contributed by atoms with Crippen LogP contribution in [-0.4, -0.2) is 22.9 Å². The van der Waals surface area contributed by atoms with Gasteiger partial charge in [0, 0.05) is 24.0 Å². The average molecular weight is 424 g/mol. The van der Waals surface area contributed by atoms with Gasteiger partial charge in [-0.1, -0.05) is 36.7 Å². The number of nitrogens with zero attached hydrogens (tertiary/aromatic N) is 1. The van der Waals surface area contributed by atoms with Crippen molar-refractivity contribution in [3.8, 4) is 5.75 Å². The molecule has 6 nitrogen and oxygen atoms in total. The van der Waals surface area contributed by atoms with Crippen molar-refractivity contribution >= 4 is 29.1 Å². The van der Waals surface area contributed by atoms with Crippen LogP contribution in [0.2, 0.25) is 5.02 Å². The van der Waals surface area contributed by atoms with Crippen LogP contribution < -0.4 is 15.4 Å². The molecule has 0 unspecified atom stereocenters. The van der Waals surface area contributed by atoms with Crippen molar-refractivity contribution in [3.05, 3.63) is 89.2 Å². The van der Waals surface area contributed by atoms with Gasteiger partial charge >= 0.3 is 0 Å². The molecule has 0 radical (unpaired) electrons. The molecule has 0 fully saturated rings. The van der Waals surface area contributed by atoms with Gasteiger partial charge in [0.05, 0.1) is 11.3 Å². The summed E-state index contributed by atoms with van der Waals surface area (Å²) in [6.07, 6.45) is 3.11. The molecule has 30 heavy (non-hydrogen) atoms. The Morgan fingerprint density at radius 2 is 1.83 bits per heavy atom. The second-order valence-electron chi connectivity index (χ2n) is 6.55. The van der Waals surface area contributed by atoms with Crippen molar-refractivity contribution in [1.82, 2.24) is 10.3 Å². The molecule has 2 amide bonds. The molecule has 0 aliphatic heterocycles. The molecule has 0 spiro atoms. The third kappa shape index (κ3) is 5.81. The summed E-state index contributed by atoms with van der Waals surface area (Å²) < 4.78 is 5.78. The number of rotatable bonds is 8. The topological polar surface area (TPSA) is 80.3 Å². The quantitative estimate of drug-likeness (QED) is 0.560. The van der Waals surface area contributed by atoms with Crippen LogP contribution in [0, 0.1) is 0 Å². The van der Waals surface area contributed by atoms with E-state index in [1.165, 1.54) is 0 Å². The fraction of sp³-hybridized carbons (Fsp3) is 0.174. The van der Waals surface area contributed by atoms with E-state index in [0.29, 0.717) is 35.0 Å². The number of anilines is 1. The van der Waals surface area contributed by atoms with Crippen LogP contribution in [0.4, 0.5) is 5.69 Å². The zero-order valence-electron chi connectivity index (χ0n) is 16.5. The minimum Gasteiger partial charge on any atom is -0.481 e. The van der Waals surface area contributed by atoms with Gasteiger partial charge in [-0.25, -0.2) is 0 Å². The van der Waals surface area contributed by atoms with Crippen LogP contribution in [0.25, 0.3) is 0 Å². The van der Waals surface area contributed by atoms with Crippen LogP contribution in [0.5, 0.6) is 5.75 Å². The Morgan fingerprint density at radius 3 is 2.53 bits per heavy atom. The van der Waals surface area contributed by atoms with Crippen molar-refractivity contribution in [2.75, 3.05) is 5.32 Å². The zero-order chi connectivity index (χ0) is 21.3. The molecule has 2 aromatic carbocycles. The molecular formula is C23H22ClN3O3. The summed E-state index contributed by atoms with van der Waals surface area (Å²) in [5.41, 5.74) is 1.68. The number of pyridine rings is 1. The smallest absolute Gasteiger partial charge is 0.265 e. The molecule has 1 aromatic heterocycles. The number of aromatic nitrogens is 1. The van der Waals surface area contributed by atoms with E-state index >= 15 is 0 Å². The monoisotopic (exact) mass is 423 g/mol. The molecule has 1 atom stereocenters. The predicted octanol–water partition coefficient (Wildman–Crippen LogP) is 4.46. The number of carbonyl (C=O) groups is 2. The number of nitrogens with one attached hydrogen (secondary N) is 2. The van der Waals surface area contributed by atoms with Gasteiger partial charge in [0.15, 0.2) is 6.10 Å². The van der Waals surface area contributed by atoms with Crippen LogP contribution in [0.1, 0.15) is 29.3 Å². The van der Waals surface area contributed by atoms with Crippen molar-refractivity contribution in [1.29, 1.82) is 0 Å². The number of para-hydroxylation sites is 1. The molecule has 1 heterocycles. The van der Waals surface area contributed by atoms with Crippen LogP contribution in [0.3, 0.4) is 0 Å². The van der Waals surface area contributed by atoms with Crippen molar-refractivity contribution < 1.29 is 14.3 Å². The lowest BCUT2D eigenvalue weighted by molar-refractivity contribution is -0.122. The SMILES string of the molecule is CC[C@H](Oc1ccc(Cl)cc1)C(=O)Nc1ccccc1C(=O)NCc1cccnc1. The van der Waals surface area contributed by atoms with Gasteiger partial charge in [-0.3, -0.25) is 14.6 Å². The van der Waals surface area contributed by atoms with Crippen LogP contribution in [0.15, 0.2) is 73.1 Å². The maximum atomic E-state index is 12.8. The molecule has 154 valence electrons. The molecular weight excluding hydrogens is 402 g/mol. The highest BCUT2D eigenvalue weighted by Crippen LogP contribution is 2.20. The van der Waals surface area contributed by atoms with Gasteiger partial charge in [-0.2, -0.15) is 0 Å². The van der Waals surface area contributed by atoms with Crippen LogP contribution in [-0.2, 0) is 11.3 Å². The molecule has 0 aliphatic carbocycles. The fourth-order valence-electron chi connectivity index (χ4n) is 2.78. The molecule has 7 heteroatoms. The molecule has 2 N–H and O–H groups in total. The summed E-state index contributed by atoms with van der Waals surface area (Å²) in [6.45, 7) is 2.19. The van der Waals surface area contributed by atoms with E-state index in [4.69, 9.17) is 16.3 Å². The summed E-state index contributed by atoms with van der Waals surface area (Å²) in [4.78, 5) is 29.5. The van der Waals surface area contributed by atoms with Gasteiger partial charge in [0.2, 0.25) is 0 Å². The number of halogens is 1. The van der Waals surface area contributed by atoms with E-state index in [-0.39, 0.29) is 11.8 Å². The predicted molar refractivity (Wildman–Crippen MR) is 117 cm³/mol. The Labute approximate surface area is 180 Å². The Bertz CT molecular complexity index is 994. The Kier molecular flexibility index (Phi) is 7.40. The number of hydrogen-bond donors (Lipinski definition) is 2. The van der Waals surface area contributed by atoms with Crippen LogP contribution >= 0.6 is 11.6 Å². The van der Waals surface area contributed by atoms with E-state index < -0.39 is 6.10 Å². The summed E-state index contributed by atoms with van der Waals surface area (Å²) in [7, 11) is 0. The summed E-state index contributed by atoms with van der Waals surface area (Å²) in [5, 5.41) is 6.24. The normalized spacial score (nSPS) is 11.4. The number of hydrogen-bond acceptors (Lipinski definition) is 4. The van der Waals surface area contributed by atoms with E-state index in [0.717, 1.165) is 5.56 Å². The number of benzene rings is 2. The first-order valence-electron chi connectivity index (χ1n) is 9.56. The molecule has 0 saturated carbocycles. The highest BCUT2D eigenvalue weighted by Gasteiger charge is 2.21. The van der Waals surface area contributed by atoms with Gasteiger partial charge in [-0.15, -0.1) is 0 Å². The number of carbonyl (C=O) groups excluding carboxylic acids is 2. The average Bonchev–Trinajstić information content (AvgIpc) is 2.78. The van der Waals surface area contributed by atoms with Crippen molar-refractivity contribution in [2.45, 2.75) is 26.0 Å². The van der Waals surface area contributed by atoms with Gasteiger partial charge in [-0.05, 0) is 54.4 Å². The minimum absolute atomic E-state index is 0.290. The second-order valence-corrected chi connectivity index (χ2v) is 6.98. The third-order valence-electron chi connectivity index (χ3n) is 4.36. The third-order valence-corrected chi connectivity index (χ3v) is 4.61. The second kappa shape index (κ2) is 10.4. The molecule has 0 aliphatic rings. The highest BCUT2D eigenvalue weighted by molar-refractivity contribution is 6.30. The lowest BCUT2D eigenvalue weighted by Crippen LogP contribution is -2.33. The largest absolute Gasteiger partial charge is 0.481 e. The first-order chi connectivity index (χ1) is 14.6. The standard InChI is InChI=1S/C23H22ClN3O3/c1-2-21(30-18-11-9-17(24)10-12-18)23(29)27-20-8-4-3-7-19(20)22(28)26-15-16-6-5-13-25-14-16/h3-14,21H,2,15H2,1H3,(H,26,28)(H,27,29)/t21-/m0/s1. The highest BCUT2D eigenvalue weighted by atomic mass is 35.5. The fourth-order valence-corrected chi connectivity index (χ4v) is 2.91. The number of amides is 2. The maximum absolute atomic E-state index is 12.8. The first-order valence-corrected chi connectivity index (χ1v) is 9.94.